The molecule has 0 aliphatic heterocycles. The number of benzene rings is 1. The number of unbranched alkanes of at least 4 members (excludes halogenated alkanes) is 2. The van der Waals surface area contributed by atoms with Gasteiger partial charge in [-0.05, 0) is 37.5 Å². The lowest BCUT2D eigenvalue weighted by molar-refractivity contribution is -0.134. The van der Waals surface area contributed by atoms with Crippen LogP contribution in [0.4, 0.5) is 0 Å². The first-order valence-electron chi connectivity index (χ1n) is 8.54. The largest absolute Gasteiger partial charge is 0.383 e. The molecule has 1 aromatic carbocycles. The number of hydrogen-bond donors (Lipinski definition) is 0. The van der Waals surface area contributed by atoms with E-state index in [0.29, 0.717) is 13.0 Å². The molecular weight excluding hydrogens is 326 g/mol. The molecule has 1 aromatic rings. The van der Waals surface area contributed by atoms with Crippen LogP contribution in [0.5, 0.6) is 5.75 Å². The summed E-state index contributed by atoms with van der Waals surface area (Å²) in [6.07, 6.45) is 5.48. The quantitative estimate of drug-likeness (QED) is 0.474. The van der Waals surface area contributed by atoms with E-state index < -0.39 is 10.1 Å². The predicted molar refractivity (Wildman–Crippen MR) is 96.4 cm³/mol. The summed E-state index contributed by atoms with van der Waals surface area (Å²) in [5.41, 5.74) is 0.861. The minimum Gasteiger partial charge on any atom is -0.383 e. The van der Waals surface area contributed by atoms with Gasteiger partial charge in [-0.25, -0.2) is 0 Å². The lowest BCUT2D eigenvalue weighted by Gasteiger charge is -2.29. The van der Waals surface area contributed by atoms with Crippen LogP contribution in [0.15, 0.2) is 24.3 Å². The molecule has 0 aliphatic carbocycles. The van der Waals surface area contributed by atoms with Gasteiger partial charge in [0.15, 0.2) is 0 Å². The molecule has 0 radical (unpaired) electrons. The van der Waals surface area contributed by atoms with Crippen molar-refractivity contribution in [3.63, 3.8) is 0 Å². The highest BCUT2D eigenvalue weighted by Gasteiger charge is 2.19. The third-order valence-electron chi connectivity index (χ3n) is 3.94. The molecule has 6 heteroatoms. The molecule has 24 heavy (non-hydrogen) atoms. The van der Waals surface area contributed by atoms with Gasteiger partial charge in [0, 0.05) is 19.0 Å². The average Bonchev–Trinajstić information content (AvgIpc) is 2.50. The Morgan fingerprint density at radius 3 is 2.54 bits per heavy atom. The number of rotatable bonds is 10. The third-order valence-corrected chi connectivity index (χ3v) is 4.43. The van der Waals surface area contributed by atoms with E-state index in [1.165, 1.54) is 0 Å². The van der Waals surface area contributed by atoms with E-state index in [1.807, 2.05) is 17.9 Å². The minimum absolute atomic E-state index is 0.138. The molecule has 0 aromatic heterocycles. The van der Waals surface area contributed by atoms with E-state index >= 15 is 0 Å². The van der Waals surface area contributed by atoms with Gasteiger partial charge < -0.3 is 9.08 Å². The Morgan fingerprint density at radius 2 is 1.96 bits per heavy atom. The summed E-state index contributed by atoms with van der Waals surface area (Å²) in [5, 5.41) is 0. The average molecular weight is 356 g/mol. The summed E-state index contributed by atoms with van der Waals surface area (Å²) in [4.78, 5) is 14.4. The van der Waals surface area contributed by atoms with E-state index in [0.717, 1.165) is 37.5 Å². The molecule has 0 fully saturated rings. The highest BCUT2D eigenvalue weighted by Crippen LogP contribution is 2.19. The maximum absolute atomic E-state index is 12.5. The Kier molecular flexibility index (Phi) is 8.25. The van der Waals surface area contributed by atoms with Crippen molar-refractivity contribution in [2.45, 2.75) is 65.5 Å². The summed E-state index contributed by atoms with van der Waals surface area (Å²) in [6, 6.07) is 7.03. The van der Waals surface area contributed by atoms with Gasteiger partial charge in [0.1, 0.15) is 5.75 Å². The fourth-order valence-electron chi connectivity index (χ4n) is 2.45. The van der Waals surface area contributed by atoms with Crippen LogP contribution >= 0.6 is 0 Å². The normalized spacial score (nSPS) is 12.7. The Morgan fingerprint density at radius 1 is 1.25 bits per heavy atom. The van der Waals surface area contributed by atoms with E-state index in [1.54, 1.807) is 18.2 Å². The van der Waals surface area contributed by atoms with Gasteiger partial charge in [0.25, 0.3) is 0 Å². The fourth-order valence-corrected chi connectivity index (χ4v) is 2.90. The molecule has 5 nitrogen and oxygen atoms in total. The Balaban J connectivity index is 2.86. The molecule has 0 saturated carbocycles. The van der Waals surface area contributed by atoms with Gasteiger partial charge in [0.05, 0.1) is 6.26 Å². The molecule has 1 rings (SSSR count). The van der Waals surface area contributed by atoms with Crippen molar-refractivity contribution in [2.75, 3.05) is 6.26 Å². The van der Waals surface area contributed by atoms with Gasteiger partial charge in [0.2, 0.25) is 5.91 Å². The van der Waals surface area contributed by atoms with Crippen LogP contribution in [-0.4, -0.2) is 31.5 Å². The molecule has 1 amide bonds. The van der Waals surface area contributed by atoms with Crippen molar-refractivity contribution in [3.8, 4) is 5.75 Å². The predicted octanol–water partition coefficient (Wildman–Crippen LogP) is 3.73. The van der Waals surface area contributed by atoms with Crippen LogP contribution in [-0.2, 0) is 21.5 Å². The zero-order chi connectivity index (χ0) is 18.2. The third kappa shape index (κ3) is 7.34. The van der Waals surface area contributed by atoms with E-state index in [9.17, 15) is 13.2 Å². The molecule has 0 N–H and O–H groups in total. The maximum Gasteiger partial charge on any atom is 0.306 e. The molecule has 136 valence electrons. The molecule has 0 spiro atoms. The monoisotopic (exact) mass is 355 g/mol. The second-order valence-electron chi connectivity index (χ2n) is 6.17. The molecule has 0 saturated heterocycles. The van der Waals surface area contributed by atoms with Crippen molar-refractivity contribution in [1.29, 1.82) is 0 Å². The van der Waals surface area contributed by atoms with Crippen LogP contribution in [0.3, 0.4) is 0 Å². The maximum atomic E-state index is 12.5. The standard InChI is InChI=1S/C18H29NO4S/c1-5-7-8-12-18(20)19(15(3)6-2)14-16-10-9-11-17(13-16)23-24(4,21)22/h9-11,13,15H,5-8,12,14H2,1-4H3/t15-/m0/s1. The zero-order valence-electron chi connectivity index (χ0n) is 15.1. The van der Waals surface area contributed by atoms with Gasteiger partial charge in [-0.1, -0.05) is 38.8 Å². The SMILES string of the molecule is CCCCCC(=O)N(Cc1cccc(OS(C)(=O)=O)c1)[C@@H](C)CC. The van der Waals surface area contributed by atoms with Crippen LogP contribution in [0, 0.1) is 0 Å². The second kappa shape index (κ2) is 9.67. The zero-order valence-corrected chi connectivity index (χ0v) is 15.9. The van der Waals surface area contributed by atoms with Crippen LogP contribution < -0.4 is 4.18 Å². The van der Waals surface area contributed by atoms with Crippen LogP contribution in [0.2, 0.25) is 0 Å². The van der Waals surface area contributed by atoms with E-state index in [-0.39, 0.29) is 17.7 Å². The Labute approximate surface area is 146 Å². The molecular formula is C18H29NO4S. The molecule has 0 unspecified atom stereocenters. The fraction of sp³-hybridized carbons (Fsp3) is 0.611. The van der Waals surface area contributed by atoms with Crippen molar-refractivity contribution >= 4 is 16.0 Å². The lowest BCUT2D eigenvalue weighted by atomic mass is 10.1. The molecule has 0 aliphatic rings. The topological polar surface area (TPSA) is 63.7 Å². The van der Waals surface area contributed by atoms with E-state index in [2.05, 4.69) is 13.8 Å². The Bertz CT molecular complexity index is 628. The number of nitrogens with zero attached hydrogens (tertiary/aromatic N) is 1. The number of hydrogen-bond acceptors (Lipinski definition) is 4. The van der Waals surface area contributed by atoms with Crippen molar-refractivity contribution in [3.05, 3.63) is 29.8 Å². The highest BCUT2D eigenvalue weighted by molar-refractivity contribution is 7.86. The van der Waals surface area contributed by atoms with Crippen molar-refractivity contribution in [2.24, 2.45) is 0 Å². The second-order valence-corrected chi connectivity index (χ2v) is 7.75. The lowest BCUT2D eigenvalue weighted by Crippen LogP contribution is -2.37. The van der Waals surface area contributed by atoms with E-state index in [4.69, 9.17) is 4.18 Å². The van der Waals surface area contributed by atoms with Gasteiger partial charge >= 0.3 is 10.1 Å². The summed E-state index contributed by atoms with van der Waals surface area (Å²) in [6.45, 7) is 6.67. The summed E-state index contributed by atoms with van der Waals surface area (Å²) in [5.74, 6) is 0.421. The number of carbonyl (C=O) groups is 1. The van der Waals surface area contributed by atoms with Gasteiger partial charge in [-0.3, -0.25) is 4.79 Å². The molecule has 0 bridgehead atoms. The van der Waals surface area contributed by atoms with Gasteiger partial charge in [-0.15, -0.1) is 0 Å². The molecule has 0 heterocycles. The first-order chi connectivity index (χ1) is 11.3. The van der Waals surface area contributed by atoms with Crippen LogP contribution in [0.25, 0.3) is 0 Å². The minimum atomic E-state index is -3.56. The smallest absolute Gasteiger partial charge is 0.306 e. The van der Waals surface area contributed by atoms with Crippen LogP contribution in [0.1, 0.15) is 58.4 Å². The molecule has 1 atom stereocenters. The van der Waals surface area contributed by atoms with Crippen molar-refractivity contribution < 1.29 is 17.4 Å². The highest BCUT2D eigenvalue weighted by atomic mass is 32.2. The summed E-state index contributed by atoms with van der Waals surface area (Å²) in [7, 11) is -3.56. The van der Waals surface area contributed by atoms with Gasteiger partial charge in [-0.2, -0.15) is 8.42 Å². The first-order valence-corrected chi connectivity index (χ1v) is 10.4. The van der Waals surface area contributed by atoms with Crippen molar-refractivity contribution in [1.82, 2.24) is 4.90 Å². The summed E-state index contributed by atoms with van der Waals surface area (Å²) >= 11 is 0. The number of carbonyl (C=O) groups excluding carboxylic acids is 1. The number of amides is 1. The Hall–Kier alpha value is -1.56. The summed E-state index contributed by atoms with van der Waals surface area (Å²) < 4.78 is 27.4. The first kappa shape index (κ1) is 20.5.